The first-order valence-corrected chi connectivity index (χ1v) is 8.35. The highest BCUT2D eigenvalue weighted by Gasteiger charge is 2.09. The second kappa shape index (κ2) is 11.1. The minimum atomic E-state index is -0.893. The fraction of sp³-hybridized carbons (Fsp3) is 0.500. The Labute approximate surface area is 148 Å². The largest absolute Gasteiger partial charge is 0.494 e. The van der Waals surface area contributed by atoms with Crippen LogP contribution < -0.4 is 14.9 Å². The molecule has 0 aliphatic heterocycles. The summed E-state index contributed by atoms with van der Waals surface area (Å²) < 4.78 is 5.06. The molecule has 0 unspecified atom stereocenters. The first kappa shape index (κ1) is 20.5. The first-order chi connectivity index (χ1) is 11.9. The summed E-state index contributed by atoms with van der Waals surface area (Å²) in [4.78, 5) is 26.7. The van der Waals surface area contributed by atoms with E-state index in [-0.39, 0.29) is 17.4 Å². The highest BCUT2D eigenvalue weighted by Crippen LogP contribution is 2.28. The van der Waals surface area contributed by atoms with Gasteiger partial charge in [-0.25, -0.2) is 0 Å². The SMILES string of the molecule is COc1cc(CNC(=O)CCCC/C=C/C(C)C)ccc1O[N+](=O)[O-]. The van der Waals surface area contributed by atoms with Gasteiger partial charge in [0, 0.05) is 13.0 Å². The topological polar surface area (TPSA) is 90.7 Å². The van der Waals surface area contributed by atoms with Crippen molar-refractivity contribution in [1.29, 1.82) is 0 Å². The molecule has 0 atom stereocenters. The Balaban J connectivity index is 2.37. The molecule has 0 radical (unpaired) electrons. The van der Waals surface area contributed by atoms with E-state index < -0.39 is 5.09 Å². The molecule has 7 nitrogen and oxygen atoms in total. The number of nitrogens with one attached hydrogen (secondary N) is 1. The second-order valence-electron chi connectivity index (χ2n) is 5.99. The van der Waals surface area contributed by atoms with Crippen LogP contribution in [-0.2, 0) is 11.3 Å². The molecule has 0 aliphatic rings. The highest BCUT2D eigenvalue weighted by atomic mass is 17.0. The van der Waals surface area contributed by atoms with E-state index in [9.17, 15) is 14.9 Å². The van der Waals surface area contributed by atoms with Crippen molar-refractivity contribution in [2.24, 2.45) is 5.92 Å². The molecule has 1 N–H and O–H groups in total. The molecule has 7 heteroatoms. The number of carbonyl (C=O) groups excluding carboxylic acids is 1. The van der Waals surface area contributed by atoms with Crippen molar-refractivity contribution in [1.82, 2.24) is 5.32 Å². The number of hydrogen-bond acceptors (Lipinski definition) is 5. The van der Waals surface area contributed by atoms with Crippen LogP contribution in [0, 0.1) is 16.0 Å². The molecule has 0 saturated carbocycles. The number of amides is 1. The molecule has 0 spiro atoms. The lowest BCUT2D eigenvalue weighted by molar-refractivity contribution is -0.711. The number of unbranched alkanes of at least 4 members (excludes halogenated alkanes) is 2. The number of allylic oxidation sites excluding steroid dienone is 2. The number of benzene rings is 1. The zero-order valence-corrected chi connectivity index (χ0v) is 15.0. The van der Waals surface area contributed by atoms with Gasteiger partial charge in [-0.3, -0.25) is 9.63 Å². The van der Waals surface area contributed by atoms with E-state index >= 15 is 0 Å². The summed E-state index contributed by atoms with van der Waals surface area (Å²) in [5, 5.41) is 12.3. The molecule has 1 aromatic rings. The van der Waals surface area contributed by atoms with Crippen LogP contribution >= 0.6 is 0 Å². The lowest BCUT2D eigenvalue weighted by atomic mass is 10.1. The van der Waals surface area contributed by atoms with Crippen molar-refractivity contribution in [3.05, 3.63) is 46.0 Å². The molecule has 25 heavy (non-hydrogen) atoms. The Bertz CT molecular complexity index is 599. The summed E-state index contributed by atoms with van der Waals surface area (Å²) in [5.74, 6) is 0.817. The molecule has 0 aromatic heterocycles. The quantitative estimate of drug-likeness (QED) is 0.285. The molecule has 0 heterocycles. The average molecular weight is 350 g/mol. The summed E-state index contributed by atoms with van der Waals surface area (Å²) in [6.07, 6.45) is 7.61. The van der Waals surface area contributed by atoms with E-state index in [1.54, 1.807) is 12.1 Å². The summed E-state index contributed by atoms with van der Waals surface area (Å²) in [7, 11) is 1.40. The van der Waals surface area contributed by atoms with Gasteiger partial charge in [0.15, 0.2) is 5.75 Å². The van der Waals surface area contributed by atoms with Gasteiger partial charge in [0.1, 0.15) is 5.75 Å². The molecule has 0 fully saturated rings. The van der Waals surface area contributed by atoms with Gasteiger partial charge in [-0.05, 0) is 42.9 Å². The Kier molecular flexibility index (Phi) is 9.06. The minimum absolute atomic E-state index is 0.0163. The van der Waals surface area contributed by atoms with Crippen molar-refractivity contribution in [2.45, 2.75) is 46.1 Å². The van der Waals surface area contributed by atoms with E-state index in [0.29, 0.717) is 18.9 Å². The van der Waals surface area contributed by atoms with Crippen LogP contribution in [0.15, 0.2) is 30.4 Å². The van der Waals surface area contributed by atoms with Crippen LogP contribution in [0.4, 0.5) is 0 Å². The van der Waals surface area contributed by atoms with Gasteiger partial charge < -0.3 is 10.1 Å². The average Bonchev–Trinajstić information content (AvgIpc) is 2.56. The van der Waals surface area contributed by atoms with Crippen LogP contribution in [0.5, 0.6) is 11.5 Å². The van der Waals surface area contributed by atoms with Crippen molar-refractivity contribution >= 4 is 5.91 Å². The predicted octanol–water partition coefficient (Wildman–Crippen LogP) is 3.65. The maximum atomic E-state index is 11.8. The standard InChI is InChI=1S/C18H26N2O5/c1-14(2)8-6-4-5-7-9-18(21)19-13-15-10-11-16(25-20(22)23)17(12-15)24-3/h6,8,10-12,14H,4-5,7,9,13H2,1-3H3,(H,19,21)/b8-6+. The minimum Gasteiger partial charge on any atom is -0.494 e. The number of carbonyl (C=O) groups is 1. The summed E-state index contributed by atoms with van der Waals surface area (Å²) in [6, 6.07) is 4.71. The van der Waals surface area contributed by atoms with Gasteiger partial charge in [-0.15, -0.1) is 10.1 Å². The van der Waals surface area contributed by atoms with E-state index in [1.807, 2.05) is 0 Å². The van der Waals surface area contributed by atoms with E-state index in [2.05, 4.69) is 36.2 Å². The Morgan fingerprint density at radius 2 is 2.08 bits per heavy atom. The third-order valence-corrected chi connectivity index (χ3v) is 3.44. The van der Waals surface area contributed by atoms with Crippen molar-refractivity contribution in [2.75, 3.05) is 7.11 Å². The lowest BCUT2D eigenvalue weighted by Crippen LogP contribution is -2.22. The molecular weight excluding hydrogens is 324 g/mol. The molecule has 0 aliphatic carbocycles. The molecule has 1 aromatic carbocycles. The van der Waals surface area contributed by atoms with Crippen LogP contribution in [0.1, 0.15) is 45.1 Å². The van der Waals surface area contributed by atoms with Gasteiger partial charge in [-0.2, -0.15) is 0 Å². The maximum absolute atomic E-state index is 11.8. The molecule has 138 valence electrons. The maximum Gasteiger partial charge on any atom is 0.299 e. The third-order valence-electron chi connectivity index (χ3n) is 3.44. The molecule has 1 rings (SSSR count). The van der Waals surface area contributed by atoms with Gasteiger partial charge in [0.05, 0.1) is 7.11 Å². The number of nitrogens with zero attached hydrogens (tertiary/aromatic N) is 1. The Hall–Kier alpha value is -2.57. The second-order valence-corrected chi connectivity index (χ2v) is 5.99. The van der Waals surface area contributed by atoms with Gasteiger partial charge in [0.2, 0.25) is 5.91 Å². The number of methoxy groups -OCH3 is 1. The first-order valence-electron chi connectivity index (χ1n) is 8.35. The zero-order chi connectivity index (χ0) is 18.7. The van der Waals surface area contributed by atoms with E-state index in [0.717, 1.165) is 24.8 Å². The summed E-state index contributed by atoms with van der Waals surface area (Å²) in [6.45, 7) is 4.60. The fourth-order valence-electron chi connectivity index (χ4n) is 2.18. The number of hydrogen-bond donors (Lipinski definition) is 1. The smallest absolute Gasteiger partial charge is 0.299 e. The zero-order valence-electron chi connectivity index (χ0n) is 15.0. The summed E-state index contributed by atoms with van der Waals surface area (Å²) in [5.41, 5.74) is 0.778. The Morgan fingerprint density at radius 1 is 1.32 bits per heavy atom. The molecule has 0 bridgehead atoms. The molecule has 1 amide bonds. The summed E-state index contributed by atoms with van der Waals surface area (Å²) >= 11 is 0. The van der Waals surface area contributed by atoms with Crippen LogP contribution in [0.3, 0.4) is 0 Å². The van der Waals surface area contributed by atoms with Crippen molar-refractivity contribution < 1.29 is 19.5 Å². The number of ether oxygens (including phenoxy) is 1. The van der Waals surface area contributed by atoms with Crippen molar-refractivity contribution in [3.63, 3.8) is 0 Å². The molecular formula is C18H26N2O5. The van der Waals surface area contributed by atoms with Crippen LogP contribution in [0.25, 0.3) is 0 Å². The number of rotatable bonds is 11. The third kappa shape index (κ3) is 8.74. The highest BCUT2D eigenvalue weighted by molar-refractivity contribution is 5.75. The van der Waals surface area contributed by atoms with Crippen molar-refractivity contribution in [3.8, 4) is 11.5 Å². The predicted molar refractivity (Wildman–Crippen MR) is 94.9 cm³/mol. The lowest BCUT2D eigenvalue weighted by Gasteiger charge is -2.10. The Morgan fingerprint density at radius 3 is 2.72 bits per heavy atom. The van der Waals surface area contributed by atoms with Gasteiger partial charge in [0.25, 0.3) is 5.09 Å². The van der Waals surface area contributed by atoms with E-state index in [1.165, 1.54) is 13.2 Å². The fourth-order valence-corrected chi connectivity index (χ4v) is 2.18. The van der Waals surface area contributed by atoms with Gasteiger partial charge >= 0.3 is 0 Å². The van der Waals surface area contributed by atoms with Crippen LogP contribution in [0.2, 0.25) is 0 Å². The van der Waals surface area contributed by atoms with Crippen LogP contribution in [-0.4, -0.2) is 18.1 Å². The monoisotopic (exact) mass is 350 g/mol. The normalized spacial score (nSPS) is 10.9. The van der Waals surface area contributed by atoms with E-state index in [4.69, 9.17) is 4.74 Å². The van der Waals surface area contributed by atoms with Gasteiger partial charge in [-0.1, -0.05) is 32.1 Å². The molecule has 0 saturated heterocycles.